The lowest BCUT2D eigenvalue weighted by molar-refractivity contribution is -0.141. The molecule has 1 N–H and O–H groups in total. The highest BCUT2D eigenvalue weighted by Crippen LogP contribution is 2.37. The summed E-state index contributed by atoms with van der Waals surface area (Å²) < 4.78 is 0. The van der Waals surface area contributed by atoms with Gasteiger partial charge in [0.05, 0.1) is 0 Å². The third-order valence-electron chi connectivity index (χ3n) is 5.27. The van der Waals surface area contributed by atoms with Crippen molar-refractivity contribution in [1.82, 2.24) is 9.88 Å². The fraction of sp³-hybridized carbons (Fsp3) is 0.174. The van der Waals surface area contributed by atoms with Crippen molar-refractivity contribution in [3.05, 3.63) is 76.5 Å². The van der Waals surface area contributed by atoms with Crippen LogP contribution in [0.5, 0.6) is 0 Å². The molecule has 1 aliphatic heterocycles. The minimum absolute atomic E-state index is 0.299. The maximum Gasteiger partial charge on any atom is 0.326 e. The smallest absolute Gasteiger partial charge is 0.326 e. The number of carbonyl (C=O) groups is 2. The first-order chi connectivity index (χ1) is 14.5. The summed E-state index contributed by atoms with van der Waals surface area (Å²) in [5, 5.41) is 10.3. The molecule has 1 aromatic heterocycles. The maximum atomic E-state index is 13.1. The number of amides is 1. The number of pyridine rings is 1. The van der Waals surface area contributed by atoms with E-state index in [1.54, 1.807) is 30.5 Å². The monoisotopic (exact) mass is 440 g/mol. The van der Waals surface area contributed by atoms with Gasteiger partial charge in [0.15, 0.2) is 0 Å². The predicted octanol–water partition coefficient (Wildman–Crippen LogP) is 5.41. The molecule has 0 saturated carbocycles. The molecule has 2 aromatic carbocycles. The van der Waals surface area contributed by atoms with Crippen LogP contribution in [0.3, 0.4) is 0 Å². The first kappa shape index (κ1) is 20.4. The van der Waals surface area contributed by atoms with Gasteiger partial charge in [-0.15, -0.1) is 0 Å². The van der Waals surface area contributed by atoms with Crippen LogP contribution in [0.2, 0.25) is 10.2 Å². The topological polar surface area (TPSA) is 70.5 Å². The molecule has 1 atom stereocenters. The first-order valence-corrected chi connectivity index (χ1v) is 10.3. The molecular weight excluding hydrogens is 423 g/mol. The third-order valence-corrected chi connectivity index (χ3v) is 5.80. The van der Waals surface area contributed by atoms with Gasteiger partial charge in [0.2, 0.25) is 0 Å². The van der Waals surface area contributed by atoms with E-state index in [0.29, 0.717) is 35.1 Å². The number of rotatable bonds is 4. The Kier molecular flexibility index (Phi) is 5.75. The fourth-order valence-corrected chi connectivity index (χ4v) is 4.25. The summed E-state index contributed by atoms with van der Waals surface area (Å²) in [6, 6.07) is 15.5. The second-order valence-electron chi connectivity index (χ2n) is 7.10. The summed E-state index contributed by atoms with van der Waals surface area (Å²) in [6.45, 7) is 0.430. The summed E-state index contributed by atoms with van der Waals surface area (Å²) in [6.07, 6.45) is 2.76. The molecule has 1 aliphatic rings. The Morgan fingerprint density at radius 3 is 2.53 bits per heavy atom. The normalized spacial score (nSPS) is 15.9. The average molecular weight is 441 g/mol. The number of aromatic nitrogens is 1. The molecule has 1 fully saturated rings. The van der Waals surface area contributed by atoms with Gasteiger partial charge < -0.3 is 10.0 Å². The van der Waals surface area contributed by atoms with Gasteiger partial charge in [0.1, 0.15) is 11.2 Å². The Bertz CT molecular complexity index is 1130. The highest BCUT2D eigenvalue weighted by atomic mass is 35.5. The molecule has 30 heavy (non-hydrogen) atoms. The Morgan fingerprint density at radius 2 is 1.80 bits per heavy atom. The molecule has 1 unspecified atom stereocenters. The van der Waals surface area contributed by atoms with Crippen molar-refractivity contribution in [1.29, 1.82) is 0 Å². The van der Waals surface area contributed by atoms with Crippen molar-refractivity contribution in [2.75, 3.05) is 6.54 Å². The number of nitrogens with zero attached hydrogens (tertiary/aromatic N) is 2. The molecule has 0 radical (unpaired) electrons. The minimum Gasteiger partial charge on any atom is -0.480 e. The zero-order chi connectivity index (χ0) is 21.3. The van der Waals surface area contributed by atoms with E-state index in [2.05, 4.69) is 4.98 Å². The maximum absolute atomic E-state index is 13.1. The van der Waals surface area contributed by atoms with Crippen LogP contribution in [-0.2, 0) is 4.79 Å². The van der Waals surface area contributed by atoms with Gasteiger partial charge in [-0.1, -0.05) is 47.5 Å². The Morgan fingerprint density at radius 1 is 1.00 bits per heavy atom. The van der Waals surface area contributed by atoms with Crippen LogP contribution >= 0.6 is 23.2 Å². The van der Waals surface area contributed by atoms with Gasteiger partial charge in [-0.05, 0) is 59.9 Å². The number of aliphatic carboxylic acids is 1. The van der Waals surface area contributed by atoms with Crippen LogP contribution in [0.4, 0.5) is 0 Å². The van der Waals surface area contributed by atoms with E-state index in [0.717, 1.165) is 22.3 Å². The number of hydrogen-bond donors (Lipinski definition) is 1. The third kappa shape index (κ3) is 3.91. The van der Waals surface area contributed by atoms with Crippen LogP contribution in [0.15, 0.2) is 60.8 Å². The number of carboxylic acid groups (broad SMARTS) is 1. The van der Waals surface area contributed by atoms with Crippen molar-refractivity contribution in [2.24, 2.45) is 0 Å². The Balaban J connectivity index is 1.84. The fourth-order valence-electron chi connectivity index (χ4n) is 3.83. The van der Waals surface area contributed by atoms with E-state index in [9.17, 15) is 14.7 Å². The zero-order valence-electron chi connectivity index (χ0n) is 15.9. The lowest BCUT2D eigenvalue weighted by atomic mass is 9.93. The standard InChI is InChI=1S/C23H18Cl2N2O3/c24-19-5-2-1-4-17(19)18-12-15(22(28)27-11-3-6-20(27)23(29)30)7-8-16(18)14-9-10-26-21(25)13-14/h1-2,4-5,7-10,12-13,20H,3,6,11H2,(H,29,30). The van der Waals surface area contributed by atoms with Crippen molar-refractivity contribution >= 4 is 35.1 Å². The van der Waals surface area contributed by atoms with E-state index < -0.39 is 12.0 Å². The molecule has 2 heterocycles. The number of benzene rings is 2. The van der Waals surface area contributed by atoms with Crippen molar-refractivity contribution < 1.29 is 14.7 Å². The number of hydrogen-bond acceptors (Lipinski definition) is 3. The number of likely N-dealkylation sites (tertiary alicyclic amines) is 1. The van der Waals surface area contributed by atoms with Crippen LogP contribution in [0, 0.1) is 0 Å². The molecule has 0 aliphatic carbocycles. The van der Waals surface area contributed by atoms with Gasteiger partial charge in [-0.25, -0.2) is 9.78 Å². The zero-order valence-corrected chi connectivity index (χ0v) is 17.4. The van der Waals surface area contributed by atoms with Crippen molar-refractivity contribution in [3.8, 4) is 22.3 Å². The first-order valence-electron chi connectivity index (χ1n) is 9.50. The Labute approximate surface area is 183 Å². The molecule has 1 amide bonds. The molecule has 7 heteroatoms. The second-order valence-corrected chi connectivity index (χ2v) is 7.90. The van der Waals surface area contributed by atoms with Gasteiger partial charge in [0, 0.05) is 28.9 Å². The molecule has 4 rings (SSSR count). The second kappa shape index (κ2) is 8.46. The molecule has 152 valence electrons. The highest BCUT2D eigenvalue weighted by molar-refractivity contribution is 6.33. The summed E-state index contributed by atoms with van der Waals surface area (Å²) in [4.78, 5) is 30.1. The average Bonchev–Trinajstić information content (AvgIpc) is 3.23. The molecular formula is C23H18Cl2N2O3. The summed E-state index contributed by atoms with van der Waals surface area (Å²) in [5.74, 6) is -1.28. The van der Waals surface area contributed by atoms with Gasteiger partial charge in [-0.3, -0.25) is 4.79 Å². The SMILES string of the molecule is O=C(O)C1CCCN1C(=O)c1ccc(-c2ccnc(Cl)c2)c(-c2ccccc2Cl)c1. The quantitative estimate of drug-likeness (QED) is 0.550. The lowest BCUT2D eigenvalue weighted by Crippen LogP contribution is -2.40. The molecule has 0 bridgehead atoms. The van der Waals surface area contributed by atoms with E-state index >= 15 is 0 Å². The predicted molar refractivity (Wildman–Crippen MR) is 117 cm³/mol. The number of carbonyl (C=O) groups excluding carboxylic acids is 1. The lowest BCUT2D eigenvalue weighted by Gasteiger charge is -2.22. The summed E-state index contributed by atoms with van der Waals surface area (Å²) in [5.41, 5.74) is 3.64. The van der Waals surface area contributed by atoms with Crippen LogP contribution in [0.25, 0.3) is 22.3 Å². The van der Waals surface area contributed by atoms with Crippen LogP contribution in [0.1, 0.15) is 23.2 Å². The highest BCUT2D eigenvalue weighted by Gasteiger charge is 2.34. The van der Waals surface area contributed by atoms with Crippen molar-refractivity contribution in [3.63, 3.8) is 0 Å². The van der Waals surface area contributed by atoms with Gasteiger partial charge >= 0.3 is 5.97 Å². The molecule has 5 nitrogen and oxygen atoms in total. The van der Waals surface area contributed by atoms with E-state index in [4.69, 9.17) is 23.2 Å². The number of halogens is 2. The molecule has 1 saturated heterocycles. The summed E-state index contributed by atoms with van der Waals surface area (Å²) in [7, 11) is 0. The number of carboxylic acids is 1. The molecule has 3 aromatic rings. The minimum atomic E-state index is -0.977. The Hall–Kier alpha value is -2.89. The van der Waals surface area contributed by atoms with Gasteiger partial charge in [0.25, 0.3) is 5.91 Å². The summed E-state index contributed by atoms with van der Waals surface area (Å²) >= 11 is 12.5. The van der Waals surface area contributed by atoms with E-state index in [1.807, 2.05) is 30.3 Å². The van der Waals surface area contributed by atoms with Gasteiger partial charge in [-0.2, -0.15) is 0 Å². The van der Waals surface area contributed by atoms with E-state index in [-0.39, 0.29) is 5.91 Å². The van der Waals surface area contributed by atoms with E-state index in [1.165, 1.54) is 4.90 Å². The van der Waals surface area contributed by atoms with Crippen LogP contribution in [-0.4, -0.2) is 39.5 Å². The van der Waals surface area contributed by atoms with Crippen molar-refractivity contribution in [2.45, 2.75) is 18.9 Å². The van der Waals surface area contributed by atoms with Crippen LogP contribution < -0.4 is 0 Å². The molecule has 0 spiro atoms. The largest absolute Gasteiger partial charge is 0.480 e.